The van der Waals surface area contributed by atoms with Gasteiger partial charge in [0.2, 0.25) is 0 Å². The van der Waals surface area contributed by atoms with Crippen molar-refractivity contribution in [2.75, 3.05) is 17.2 Å². The second-order valence-corrected chi connectivity index (χ2v) is 4.78. The van der Waals surface area contributed by atoms with Crippen LogP contribution in [0.1, 0.15) is 36.9 Å². The minimum atomic E-state index is -0.743. The third kappa shape index (κ3) is 3.12. The van der Waals surface area contributed by atoms with Crippen LogP contribution < -0.4 is 10.6 Å². The average molecular weight is 296 g/mol. The first-order valence-electron chi connectivity index (χ1n) is 6.73. The molecule has 0 amide bonds. The normalized spacial score (nSPS) is 12.3. The van der Waals surface area contributed by atoms with Gasteiger partial charge in [0.15, 0.2) is 23.3 Å². The van der Waals surface area contributed by atoms with E-state index >= 15 is 0 Å². The molecular weight excluding hydrogens is 278 g/mol. The lowest BCUT2D eigenvalue weighted by Gasteiger charge is -2.16. The topological polar surface area (TPSA) is 63.0 Å². The Balaban J connectivity index is 2.29. The Kier molecular flexibility index (Phi) is 4.40. The standard InChI is InChI=1S/C14H18F2N4O/c1-5-17-13-10(15)6-11(16)14(19-13)18-7(2)12-8(3)20-21-9(12)4/h6-7H,5H2,1-4H3,(H2,17,18,19). The lowest BCUT2D eigenvalue weighted by Crippen LogP contribution is -2.13. The van der Waals surface area contributed by atoms with E-state index < -0.39 is 11.6 Å². The number of hydrogen-bond donors (Lipinski definition) is 2. The molecule has 2 rings (SSSR count). The number of nitrogens with one attached hydrogen (secondary N) is 2. The Morgan fingerprint density at radius 3 is 2.48 bits per heavy atom. The molecule has 0 aliphatic heterocycles. The van der Waals surface area contributed by atoms with Crippen molar-refractivity contribution in [2.45, 2.75) is 33.7 Å². The van der Waals surface area contributed by atoms with E-state index in [-0.39, 0.29) is 17.7 Å². The number of nitrogens with zero attached hydrogens (tertiary/aromatic N) is 2. The highest BCUT2D eigenvalue weighted by Crippen LogP contribution is 2.26. The fraction of sp³-hybridized carbons (Fsp3) is 0.429. The molecule has 0 saturated carbocycles. The Bertz CT molecular complexity index is 623. The smallest absolute Gasteiger partial charge is 0.168 e. The van der Waals surface area contributed by atoms with Crippen LogP contribution in [0.3, 0.4) is 0 Å². The molecular formula is C14H18F2N4O. The third-order valence-corrected chi connectivity index (χ3v) is 3.15. The fourth-order valence-corrected chi connectivity index (χ4v) is 2.24. The van der Waals surface area contributed by atoms with Crippen molar-refractivity contribution >= 4 is 11.6 Å². The molecule has 0 bridgehead atoms. The maximum atomic E-state index is 13.8. The summed E-state index contributed by atoms with van der Waals surface area (Å²) in [6, 6.07) is 0.547. The molecule has 2 aromatic heterocycles. The van der Waals surface area contributed by atoms with Crippen molar-refractivity contribution in [1.29, 1.82) is 0 Å². The molecule has 114 valence electrons. The summed E-state index contributed by atoms with van der Waals surface area (Å²) >= 11 is 0. The number of halogens is 2. The van der Waals surface area contributed by atoms with Crippen LogP contribution in [-0.4, -0.2) is 16.7 Å². The first-order chi connectivity index (χ1) is 9.93. The van der Waals surface area contributed by atoms with Crippen LogP contribution in [-0.2, 0) is 0 Å². The summed E-state index contributed by atoms with van der Waals surface area (Å²) in [6.45, 7) is 7.73. The van der Waals surface area contributed by atoms with Gasteiger partial charge < -0.3 is 15.2 Å². The second-order valence-electron chi connectivity index (χ2n) is 4.78. The third-order valence-electron chi connectivity index (χ3n) is 3.15. The van der Waals surface area contributed by atoms with Gasteiger partial charge in [-0.3, -0.25) is 0 Å². The zero-order chi connectivity index (χ0) is 15.6. The van der Waals surface area contributed by atoms with Gasteiger partial charge >= 0.3 is 0 Å². The van der Waals surface area contributed by atoms with Gasteiger partial charge in [-0.2, -0.15) is 0 Å². The van der Waals surface area contributed by atoms with Crippen LogP contribution in [0.4, 0.5) is 20.4 Å². The molecule has 2 N–H and O–H groups in total. The van der Waals surface area contributed by atoms with Crippen molar-refractivity contribution in [2.24, 2.45) is 0 Å². The zero-order valence-corrected chi connectivity index (χ0v) is 12.4. The van der Waals surface area contributed by atoms with E-state index in [0.717, 1.165) is 17.3 Å². The van der Waals surface area contributed by atoms with Gasteiger partial charge in [-0.25, -0.2) is 13.8 Å². The van der Waals surface area contributed by atoms with Crippen LogP contribution >= 0.6 is 0 Å². The summed E-state index contributed by atoms with van der Waals surface area (Å²) in [5.41, 5.74) is 1.56. The van der Waals surface area contributed by atoms with Crippen molar-refractivity contribution in [3.05, 3.63) is 34.7 Å². The largest absolute Gasteiger partial charge is 0.368 e. The maximum Gasteiger partial charge on any atom is 0.168 e. The van der Waals surface area contributed by atoms with Gasteiger partial charge in [0.1, 0.15) is 5.76 Å². The molecule has 2 aromatic rings. The number of aryl methyl sites for hydroxylation is 2. The van der Waals surface area contributed by atoms with E-state index in [2.05, 4.69) is 20.8 Å². The summed E-state index contributed by atoms with van der Waals surface area (Å²) in [5.74, 6) is -0.799. The molecule has 7 heteroatoms. The van der Waals surface area contributed by atoms with Gasteiger partial charge in [0, 0.05) is 18.2 Å². The lowest BCUT2D eigenvalue weighted by molar-refractivity contribution is 0.392. The van der Waals surface area contributed by atoms with E-state index in [1.807, 2.05) is 20.8 Å². The van der Waals surface area contributed by atoms with Gasteiger partial charge in [0.05, 0.1) is 11.7 Å². The first kappa shape index (κ1) is 15.2. The highest BCUT2D eigenvalue weighted by molar-refractivity contribution is 5.49. The fourth-order valence-electron chi connectivity index (χ4n) is 2.24. The molecule has 0 aromatic carbocycles. The monoisotopic (exact) mass is 296 g/mol. The molecule has 5 nitrogen and oxygen atoms in total. The van der Waals surface area contributed by atoms with E-state index in [0.29, 0.717) is 12.3 Å². The number of rotatable bonds is 5. The van der Waals surface area contributed by atoms with Crippen LogP contribution in [0.2, 0.25) is 0 Å². The Hall–Kier alpha value is -2.18. The van der Waals surface area contributed by atoms with Crippen LogP contribution in [0.5, 0.6) is 0 Å². The maximum absolute atomic E-state index is 13.8. The average Bonchev–Trinajstić information content (AvgIpc) is 2.75. The Morgan fingerprint density at radius 2 is 1.90 bits per heavy atom. The van der Waals surface area contributed by atoms with E-state index in [1.165, 1.54) is 0 Å². The summed E-state index contributed by atoms with van der Waals surface area (Å²) in [7, 11) is 0. The molecule has 1 unspecified atom stereocenters. The highest BCUT2D eigenvalue weighted by Gasteiger charge is 2.19. The predicted octanol–water partition coefficient (Wildman–Crippen LogP) is 3.57. The molecule has 0 radical (unpaired) electrons. The quantitative estimate of drug-likeness (QED) is 0.883. The van der Waals surface area contributed by atoms with Crippen molar-refractivity contribution in [3.8, 4) is 0 Å². The summed E-state index contributed by atoms with van der Waals surface area (Å²) in [5, 5.41) is 9.54. The number of pyridine rings is 1. The van der Waals surface area contributed by atoms with Gasteiger partial charge in [-0.15, -0.1) is 0 Å². The molecule has 2 heterocycles. The van der Waals surface area contributed by atoms with Gasteiger partial charge in [0.25, 0.3) is 0 Å². The van der Waals surface area contributed by atoms with Crippen LogP contribution in [0.15, 0.2) is 10.6 Å². The summed E-state index contributed by atoms with van der Waals surface area (Å²) in [4.78, 5) is 3.95. The molecule has 0 spiro atoms. The van der Waals surface area contributed by atoms with Gasteiger partial charge in [-0.05, 0) is 27.7 Å². The predicted molar refractivity (Wildman–Crippen MR) is 76.3 cm³/mol. The lowest BCUT2D eigenvalue weighted by atomic mass is 10.1. The van der Waals surface area contributed by atoms with Crippen molar-refractivity contribution in [1.82, 2.24) is 10.1 Å². The Labute approximate surface area is 121 Å². The van der Waals surface area contributed by atoms with Crippen molar-refractivity contribution in [3.63, 3.8) is 0 Å². The summed E-state index contributed by atoms with van der Waals surface area (Å²) in [6.07, 6.45) is 0. The van der Waals surface area contributed by atoms with Gasteiger partial charge in [-0.1, -0.05) is 5.16 Å². The number of anilines is 2. The van der Waals surface area contributed by atoms with E-state index in [1.54, 1.807) is 6.92 Å². The number of hydrogen-bond acceptors (Lipinski definition) is 5. The van der Waals surface area contributed by atoms with Crippen LogP contribution in [0, 0.1) is 25.5 Å². The second kappa shape index (κ2) is 6.07. The SMILES string of the molecule is CCNc1nc(NC(C)c2c(C)noc2C)c(F)cc1F. The van der Waals surface area contributed by atoms with E-state index in [4.69, 9.17) is 4.52 Å². The van der Waals surface area contributed by atoms with E-state index in [9.17, 15) is 8.78 Å². The molecule has 0 fully saturated rings. The zero-order valence-electron chi connectivity index (χ0n) is 12.4. The summed E-state index contributed by atoms with van der Waals surface area (Å²) < 4.78 is 32.5. The molecule has 0 aliphatic carbocycles. The molecule has 0 aliphatic rings. The molecule has 21 heavy (non-hydrogen) atoms. The first-order valence-corrected chi connectivity index (χ1v) is 6.73. The minimum absolute atomic E-state index is 0.0140. The van der Waals surface area contributed by atoms with Crippen LogP contribution in [0.25, 0.3) is 0 Å². The van der Waals surface area contributed by atoms with Crippen molar-refractivity contribution < 1.29 is 13.3 Å². The molecule has 0 saturated heterocycles. The number of aromatic nitrogens is 2. The molecule has 1 atom stereocenters. The Morgan fingerprint density at radius 1 is 1.24 bits per heavy atom. The minimum Gasteiger partial charge on any atom is -0.368 e. The highest BCUT2D eigenvalue weighted by atomic mass is 19.1.